The highest BCUT2D eigenvalue weighted by Gasteiger charge is 2.35. The number of nitrogens with one attached hydrogen (secondary N) is 1. The van der Waals surface area contributed by atoms with Gasteiger partial charge in [0.05, 0.1) is 5.69 Å². The summed E-state index contributed by atoms with van der Waals surface area (Å²) in [6.45, 7) is 8.79. The average molecular weight is 395 g/mol. The van der Waals surface area contributed by atoms with Crippen molar-refractivity contribution in [3.63, 3.8) is 0 Å². The first kappa shape index (κ1) is 20.9. The van der Waals surface area contributed by atoms with Crippen LogP contribution in [0, 0.1) is 0 Å². The Morgan fingerprint density at radius 2 is 1.90 bits per heavy atom. The van der Waals surface area contributed by atoms with Gasteiger partial charge >= 0.3 is 0 Å². The summed E-state index contributed by atoms with van der Waals surface area (Å²) in [5.41, 5.74) is 2.88. The lowest BCUT2D eigenvalue weighted by Gasteiger charge is -2.35. The lowest BCUT2D eigenvalue weighted by atomic mass is 9.86. The van der Waals surface area contributed by atoms with Crippen LogP contribution in [0.25, 0.3) is 0 Å². The van der Waals surface area contributed by atoms with Crippen molar-refractivity contribution in [3.05, 3.63) is 59.7 Å². The summed E-state index contributed by atoms with van der Waals surface area (Å²) in [5, 5.41) is 3.00. The van der Waals surface area contributed by atoms with E-state index in [-0.39, 0.29) is 23.8 Å². The van der Waals surface area contributed by atoms with Gasteiger partial charge in [-0.25, -0.2) is 0 Å². The molecule has 1 heterocycles. The largest absolute Gasteiger partial charge is 0.482 e. The van der Waals surface area contributed by atoms with Crippen molar-refractivity contribution in [2.24, 2.45) is 0 Å². The van der Waals surface area contributed by atoms with Crippen LogP contribution in [0.3, 0.4) is 0 Å². The topological polar surface area (TPSA) is 58.6 Å². The molecule has 0 radical (unpaired) electrons. The summed E-state index contributed by atoms with van der Waals surface area (Å²) >= 11 is 0. The van der Waals surface area contributed by atoms with Gasteiger partial charge in [-0.1, -0.05) is 64.1 Å². The van der Waals surface area contributed by atoms with E-state index in [0.717, 1.165) is 12.0 Å². The molecule has 0 bridgehead atoms. The van der Waals surface area contributed by atoms with Crippen molar-refractivity contribution in [2.45, 2.75) is 52.0 Å². The lowest BCUT2D eigenvalue weighted by molar-refractivity contribution is -0.127. The number of carbonyl (C=O) groups excluding carboxylic acids is 2. The highest BCUT2D eigenvalue weighted by molar-refractivity contribution is 6.04. The molecular formula is C24H30N2O3. The average Bonchev–Trinajstić information content (AvgIpc) is 2.70. The SMILES string of the molecule is CCC(C(=O)NCCc1ccccc1)N1C(=O)COc2ccc(C(C)(C)C)cc21. The number of rotatable bonds is 6. The number of hydrogen-bond donors (Lipinski definition) is 1. The molecule has 0 fully saturated rings. The molecule has 3 rings (SSSR count). The summed E-state index contributed by atoms with van der Waals surface area (Å²) in [5.74, 6) is 0.326. The predicted molar refractivity (Wildman–Crippen MR) is 115 cm³/mol. The van der Waals surface area contributed by atoms with Gasteiger partial charge in [-0.05, 0) is 41.5 Å². The molecule has 0 aromatic heterocycles. The first-order chi connectivity index (χ1) is 13.8. The third-order valence-electron chi connectivity index (χ3n) is 5.26. The number of hydrogen-bond acceptors (Lipinski definition) is 3. The molecule has 1 N–H and O–H groups in total. The quantitative estimate of drug-likeness (QED) is 0.810. The fourth-order valence-electron chi connectivity index (χ4n) is 3.56. The third kappa shape index (κ3) is 4.78. The Morgan fingerprint density at radius 1 is 1.17 bits per heavy atom. The van der Waals surface area contributed by atoms with Crippen LogP contribution >= 0.6 is 0 Å². The standard InChI is InChI=1S/C24H30N2O3/c1-5-19(23(28)25-14-13-17-9-7-6-8-10-17)26-20-15-18(24(2,3)4)11-12-21(20)29-16-22(26)27/h6-12,15,19H,5,13-14,16H2,1-4H3,(H,25,28). The Hall–Kier alpha value is -2.82. The summed E-state index contributed by atoms with van der Waals surface area (Å²) in [6, 6.07) is 15.4. The van der Waals surface area contributed by atoms with Gasteiger partial charge in [0.25, 0.3) is 5.91 Å². The Balaban J connectivity index is 1.79. The minimum Gasteiger partial charge on any atom is -0.482 e. The zero-order valence-electron chi connectivity index (χ0n) is 17.7. The van der Waals surface area contributed by atoms with Gasteiger partial charge in [0, 0.05) is 6.54 Å². The molecule has 5 nitrogen and oxygen atoms in total. The van der Waals surface area contributed by atoms with Crippen molar-refractivity contribution in [1.82, 2.24) is 5.32 Å². The van der Waals surface area contributed by atoms with Gasteiger partial charge in [0.15, 0.2) is 6.61 Å². The van der Waals surface area contributed by atoms with Gasteiger partial charge in [-0.15, -0.1) is 0 Å². The Bertz CT molecular complexity index is 871. The van der Waals surface area contributed by atoms with E-state index in [1.807, 2.05) is 55.5 Å². The number of ether oxygens (including phenoxy) is 1. The van der Waals surface area contributed by atoms with Crippen LogP contribution in [0.2, 0.25) is 0 Å². The van der Waals surface area contributed by atoms with Crippen LogP contribution in [0.15, 0.2) is 48.5 Å². The smallest absolute Gasteiger partial charge is 0.265 e. The maximum absolute atomic E-state index is 13.0. The summed E-state index contributed by atoms with van der Waals surface area (Å²) in [6.07, 6.45) is 1.28. The first-order valence-electron chi connectivity index (χ1n) is 10.2. The van der Waals surface area contributed by atoms with Crippen LogP contribution in [-0.2, 0) is 21.4 Å². The van der Waals surface area contributed by atoms with Gasteiger partial charge < -0.3 is 10.1 Å². The van der Waals surface area contributed by atoms with E-state index in [4.69, 9.17) is 4.74 Å². The predicted octanol–water partition coefficient (Wildman–Crippen LogP) is 3.85. The fourth-order valence-corrected chi connectivity index (χ4v) is 3.56. The van der Waals surface area contributed by atoms with Crippen LogP contribution in [0.1, 0.15) is 45.2 Å². The van der Waals surface area contributed by atoms with E-state index in [1.165, 1.54) is 5.56 Å². The van der Waals surface area contributed by atoms with Crippen molar-refractivity contribution in [1.29, 1.82) is 0 Å². The number of benzene rings is 2. The van der Waals surface area contributed by atoms with Crippen molar-refractivity contribution < 1.29 is 14.3 Å². The second-order valence-electron chi connectivity index (χ2n) is 8.44. The lowest BCUT2D eigenvalue weighted by Crippen LogP contribution is -2.53. The molecule has 1 aliphatic rings. The minimum absolute atomic E-state index is 0.0460. The molecule has 29 heavy (non-hydrogen) atoms. The number of anilines is 1. The van der Waals surface area contributed by atoms with Gasteiger partial charge in [0.1, 0.15) is 11.8 Å². The van der Waals surface area contributed by atoms with Crippen LogP contribution < -0.4 is 15.0 Å². The van der Waals surface area contributed by atoms with Crippen molar-refractivity contribution in [2.75, 3.05) is 18.1 Å². The third-order valence-corrected chi connectivity index (χ3v) is 5.26. The van der Waals surface area contributed by atoms with Crippen LogP contribution in [-0.4, -0.2) is 31.0 Å². The number of fused-ring (bicyclic) bond motifs is 1. The summed E-state index contributed by atoms with van der Waals surface area (Å²) in [7, 11) is 0. The molecule has 0 spiro atoms. The maximum Gasteiger partial charge on any atom is 0.265 e. The van der Waals surface area contributed by atoms with Crippen molar-refractivity contribution >= 4 is 17.5 Å². The Labute approximate surface area is 173 Å². The maximum atomic E-state index is 13.0. The normalized spacial score (nSPS) is 14.8. The van der Waals surface area contributed by atoms with E-state index in [0.29, 0.717) is 24.4 Å². The van der Waals surface area contributed by atoms with E-state index < -0.39 is 6.04 Å². The van der Waals surface area contributed by atoms with Gasteiger partial charge in [-0.2, -0.15) is 0 Å². The highest BCUT2D eigenvalue weighted by atomic mass is 16.5. The molecule has 1 aliphatic heterocycles. The Kier molecular flexibility index (Phi) is 6.26. The summed E-state index contributed by atoms with van der Waals surface area (Å²) in [4.78, 5) is 27.3. The van der Waals surface area contributed by atoms with Crippen LogP contribution in [0.5, 0.6) is 5.75 Å². The molecule has 0 saturated heterocycles. The van der Waals surface area contributed by atoms with E-state index >= 15 is 0 Å². The molecule has 2 amide bonds. The van der Waals surface area contributed by atoms with E-state index in [9.17, 15) is 9.59 Å². The minimum atomic E-state index is -0.559. The Morgan fingerprint density at radius 3 is 2.55 bits per heavy atom. The molecule has 2 aromatic carbocycles. The molecule has 2 aromatic rings. The number of nitrogens with zero attached hydrogens (tertiary/aromatic N) is 1. The first-order valence-corrected chi connectivity index (χ1v) is 10.2. The zero-order chi connectivity index (χ0) is 21.0. The monoisotopic (exact) mass is 394 g/mol. The zero-order valence-corrected chi connectivity index (χ0v) is 17.7. The van der Waals surface area contributed by atoms with Gasteiger partial charge in [-0.3, -0.25) is 14.5 Å². The molecule has 5 heteroatoms. The van der Waals surface area contributed by atoms with Crippen LogP contribution in [0.4, 0.5) is 5.69 Å². The molecule has 0 saturated carbocycles. The summed E-state index contributed by atoms with van der Waals surface area (Å²) < 4.78 is 5.62. The number of amides is 2. The van der Waals surface area contributed by atoms with E-state index in [1.54, 1.807) is 4.90 Å². The second kappa shape index (κ2) is 8.68. The molecule has 1 unspecified atom stereocenters. The van der Waals surface area contributed by atoms with Gasteiger partial charge in [0.2, 0.25) is 5.91 Å². The second-order valence-corrected chi connectivity index (χ2v) is 8.44. The molecule has 0 aliphatic carbocycles. The fraction of sp³-hybridized carbons (Fsp3) is 0.417. The van der Waals surface area contributed by atoms with Crippen molar-refractivity contribution in [3.8, 4) is 5.75 Å². The number of carbonyl (C=O) groups is 2. The molecular weight excluding hydrogens is 364 g/mol. The highest BCUT2D eigenvalue weighted by Crippen LogP contribution is 2.37. The van der Waals surface area contributed by atoms with E-state index in [2.05, 4.69) is 26.1 Å². The molecule has 154 valence electrons. The molecule has 1 atom stereocenters.